The van der Waals surface area contributed by atoms with Crippen molar-refractivity contribution in [3.8, 4) is 28.6 Å². The lowest BCUT2D eigenvalue weighted by Gasteiger charge is -2.10. The summed E-state index contributed by atoms with van der Waals surface area (Å²) in [5.74, 6) is 0.607. The number of H-pyrrole nitrogens is 1. The van der Waals surface area contributed by atoms with Crippen molar-refractivity contribution < 1.29 is 14.3 Å². The number of carbonyl (C=O) groups excluding carboxylic acids is 1. The van der Waals surface area contributed by atoms with Crippen LogP contribution in [0.1, 0.15) is 10.5 Å². The number of aromatic nitrogens is 4. The number of nitrogens with one attached hydrogen (secondary N) is 1. The van der Waals surface area contributed by atoms with Gasteiger partial charge in [0, 0.05) is 5.56 Å². The average Bonchev–Trinajstić information content (AvgIpc) is 3.08. The number of imidazole rings is 1. The highest BCUT2D eigenvalue weighted by Crippen LogP contribution is 2.26. The van der Waals surface area contributed by atoms with E-state index in [9.17, 15) is 9.59 Å². The number of primary amides is 1. The summed E-state index contributed by atoms with van der Waals surface area (Å²) < 4.78 is 11.9. The molecule has 2 aromatic heterocycles. The molecule has 2 aromatic carbocycles. The lowest BCUT2D eigenvalue weighted by Crippen LogP contribution is -2.16. The number of hydrogen-bond donors (Lipinski definition) is 2. The Balaban J connectivity index is 2.03. The monoisotopic (exact) mass is 391 g/mol. The van der Waals surface area contributed by atoms with Gasteiger partial charge in [-0.1, -0.05) is 12.1 Å². The van der Waals surface area contributed by atoms with Crippen LogP contribution >= 0.6 is 0 Å². The van der Waals surface area contributed by atoms with Crippen molar-refractivity contribution in [2.45, 2.75) is 0 Å². The van der Waals surface area contributed by atoms with E-state index in [1.165, 1.54) is 11.7 Å². The van der Waals surface area contributed by atoms with Gasteiger partial charge in [0.2, 0.25) is 0 Å². The van der Waals surface area contributed by atoms with Gasteiger partial charge in [0.1, 0.15) is 17.0 Å². The molecule has 0 bridgehead atoms. The number of rotatable bonds is 5. The number of carbonyl (C=O) groups is 1. The SMILES string of the molecule is COc1ccc(-c2nc(C(N)=O)c3[nH]c(=O)n(-c4ccccc4OC)c3n2)cc1. The predicted molar refractivity (Wildman–Crippen MR) is 107 cm³/mol. The molecule has 9 nitrogen and oxygen atoms in total. The average molecular weight is 391 g/mol. The zero-order valence-electron chi connectivity index (χ0n) is 15.7. The van der Waals surface area contributed by atoms with Gasteiger partial charge in [0.05, 0.1) is 19.9 Å². The van der Waals surface area contributed by atoms with Crippen molar-refractivity contribution in [2.75, 3.05) is 14.2 Å². The number of benzene rings is 2. The Kier molecular flexibility index (Phi) is 4.47. The number of hydrogen-bond acceptors (Lipinski definition) is 6. The van der Waals surface area contributed by atoms with Crippen LogP contribution in [0.4, 0.5) is 0 Å². The number of fused-ring (bicyclic) bond motifs is 1. The van der Waals surface area contributed by atoms with E-state index in [-0.39, 0.29) is 22.7 Å². The van der Waals surface area contributed by atoms with Gasteiger partial charge in [-0.05, 0) is 36.4 Å². The van der Waals surface area contributed by atoms with E-state index in [0.717, 1.165) is 0 Å². The highest BCUT2D eigenvalue weighted by Gasteiger charge is 2.21. The Labute approximate surface area is 164 Å². The minimum absolute atomic E-state index is 0.0773. The molecule has 4 rings (SSSR count). The van der Waals surface area contributed by atoms with Crippen LogP contribution < -0.4 is 20.9 Å². The normalized spacial score (nSPS) is 10.8. The fraction of sp³-hybridized carbons (Fsp3) is 0.100. The maximum absolute atomic E-state index is 12.7. The van der Waals surface area contributed by atoms with Gasteiger partial charge in [-0.3, -0.25) is 4.79 Å². The van der Waals surface area contributed by atoms with E-state index in [2.05, 4.69) is 15.0 Å². The number of ether oxygens (including phenoxy) is 2. The maximum atomic E-state index is 12.7. The molecule has 29 heavy (non-hydrogen) atoms. The Morgan fingerprint density at radius 1 is 1.03 bits per heavy atom. The van der Waals surface area contributed by atoms with E-state index in [0.29, 0.717) is 22.7 Å². The third-order valence-corrected chi connectivity index (χ3v) is 4.44. The zero-order valence-corrected chi connectivity index (χ0v) is 15.7. The summed E-state index contributed by atoms with van der Waals surface area (Å²) in [4.78, 5) is 36.2. The van der Waals surface area contributed by atoms with Crippen molar-refractivity contribution >= 4 is 17.1 Å². The first-order valence-electron chi connectivity index (χ1n) is 8.64. The summed E-state index contributed by atoms with van der Waals surface area (Å²) in [7, 11) is 3.07. The quantitative estimate of drug-likeness (QED) is 0.535. The molecular weight excluding hydrogens is 374 g/mol. The van der Waals surface area contributed by atoms with Crippen molar-refractivity contribution in [3.05, 3.63) is 64.7 Å². The highest BCUT2D eigenvalue weighted by atomic mass is 16.5. The molecule has 0 saturated carbocycles. The number of amides is 1. The number of para-hydroxylation sites is 2. The Bertz CT molecular complexity index is 1270. The fourth-order valence-electron chi connectivity index (χ4n) is 3.07. The second kappa shape index (κ2) is 7.12. The first kappa shape index (κ1) is 18.2. The topological polar surface area (TPSA) is 125 Å². The van der Waals surface area contributed by atoms with Crippen LogP contribution in [0.15, 0.2) is 53.3 Å². The molecule has 0 saturated heterocycles. The molecule has 0 radical (unpaired) electrons. The number of methoxy groups -OCH3 is 2. The largest absolute Gasteiger partial charge is 0.497 e. The smallest absolute Gasteiger partial charge is 0.332 e. The van der Waals surface area contributed by atoms with Crippen LogP contribution in [0, 0.1) is 0 Å². The van der Waals surface area contributed by atoms with E-state index < -0.39 is 11.6 Å². The van der Waals surface area contributed by atoms with E-state index in [4.69, 9.17) is 15.2 Å². The summed E-state index contributed by atoms with van der Waals surface area (Å²) >= 11 is 0. The van der Waals surface area contributed by atoms with E-state index in [1.54, 1.807) is 55.6 Å². The molecule has 146 valence electrons. The molecule has 3 N–H and O–H groups in total. The Morgan fingerprint density at radius 3 is 2.41 bits per heavy atom. The third-order valence-electron chi connectivity index (χ3n) is 4.44. The molecular formula is C20H17N5O4. The van der Waals surface area contributed by atoms with Gasteiger partial charge < -0.3 is 20.2 Å². The van der Waals surface area contributed by atoms with Gasteiger partial charge in [0.15, 0.2) is 17.2 Å². The summed E-state index contributed by atoms with van der Waals surface area (Å²) in [5.41, 5.74) is 6.43. The Hall–Kier alpha value is -4.14. The Morgan fingerprint density at radius 2 is 1.76 bits per heavy atom. The summed E-state index contributed by atoms with van der Waals surface area (Å²) in [5, 5.41) is 0. The molecule has 0 spiro atoms. The standard InChI is InChI=1S/C20H17N5O4/c1-28-12-9-7-11(8-10-12)18-22-15(17(21)26)16-19(24-18)25(20(27)23-16)13-5-3-4-6-14(13)29-2/h3-10H,1-2H3,(H2,21,26)(H,23,27). The molecule has 4 aromatic rings. The second-order valence-electron chi connectivity index (χ2n) is 6.12. The summed E-state index contributed by atoms with van der Waals surface area (Å²) in [6.07, 6.45) is 0. The lowest BCUT2D eigenvalue weighted by molar-refractivity contribution is 0.0997. The molecule has 9 heteroatoms. The van der Waals surface area contributed by atoms with E-state index >= 15 is 0 Å². The molecule has 1 amide bonds. The molecule has 0 fully saturated rings. The predicted octanol–water partition coefficient (Wildman–Crippen LogP) is 1.89. The van der Waals surface area contributed by atoms with Crippen LogP contribution in [-0.2, 0) is 0 Å². The van der Waals surface area contributed by atoms with Crippen molar-refractivity contribution in [1.82, 2.24) is 19.5 Å². The molecule has 0 unspecified atom stereocenters. The molecule has 0 aliphatic carbocycles. The van der Waals surface area contributed by atoms with Crippen LogP contribution in [0.5, 0.6) is 11.5 Å². The summed E-state index contributed by atoms with van der Waals surface area (Å²) in [6.45, 7) is 0. The molecule has 2 heterocycles. The van der Waals surface area contributed by atoms with Crippen LogP contribution in [-0.4, -0.2) is 39.6 Å². The molecule has 0 aliphatic heterocycles. The van der Waals surface area contributed by atoms with Gasteiger partial charge >= 0.3 is 5.69 Å². The van der Waals surface area contributed by atoms with Gasteiger partial charge in [-0.25, -0.2) is 19.3 Å². The second-order valence-corrected chi connectivity index (χ2v) is 6.12. The van der Waals surface area contributed by atoms with Gasteiger partial charge in [-0.15, -0.1) is 0 Å². The minimum Gasteiger partial charge on any atom is -0.497 e. The molecule has 0 atom stereocenters. The van der Waals surface area contributed by atoms with Crippen molar-refractivity contribution in [2.24, 2.45) is 5.73 Å². The zero-order chi connectivity index (χ0) is 20.5. The van der Waals surface area contributed by atoms with Crippen molar-refractivity contribution in [3.63, 3.8) is 0 Å². The van der Waals surface area contributed by atoms with Gasteiger partial charge in [0.25, 0.3) is 5.91 Å². The summed E-state index contributed by atoms with van der Waals surface area (Å²) in [6, 6.07) is 14.0. The van der Waals surface area contributed by atoms with Crippen molar-refractivity contribution in [1.29, 1.82) is 0 Å². The first-order chi connectivity index (χ1) is 14.0. The molecule has 0 aliphatic rings. The number of nitrogens with two attached hydrogens (primary N) is 1. The minimum atomic E-state index is -0.777. The third kappa shape index (κ3) is 3.08. The van der Waals surface area contributed by atoms with Gasteiger partial charge in [-0.2, -0.15) is 0 Å². The fourth-order valence-corrected chi connectivity index (χ4v) is 3.07. The first-order valence-corrected chi connectivity index (χ1v) is 8.64. The van der Waals surface area contributed by atoms with Crippen LogP contribution in [0.3, 0.4) is 0 Å². The number of aromatic amines is 1. The number of nitrogens with zero attached hydrogens (tertiary/aromatic N) is 3. The lowest BCUT2D eigenvalue weighted by atomic mass is 10.2. The van der Waals surface area contributed by atoms with Crippen LogP contribution in [0.2, 0.25) is 0 Å². The van der Waals surface area contributed by atoms with Crippen LogP contribution in [0.25, 0.3) is 28.2 Å². The highest BCUT2D eigenvalue weighted by molar-refractivity contribution is 6.02. The van der Waals surface area contributed by atoms with E-state index in [1.807, 2.05) is 0 Å². The maximum Gasteiger partial charge on any atom is 0.332 e.